The zero-order valence-electron chi connectivity index (χ0n) is 24.0. The summed E-state index contributed by atoms with van der Waals surface area (Å²) >= 11 is 0. The summed E-state index contributed by atoms with van der Waals surface area (Å²) in [5.41, 5.74) is 12.3. The third-order valence-corrected chi connectivity index (χ3v) is 7.67. The lowest BCUT2D eigenvalue weighted by atomic mass is 10.00. The number of nitrogens with two attached hydrogens (primary N) is 2. The summed E-state index contributed by atoms with van der Waals surface area (Å²) in [6.45, 7) is 7.02. The molecule has 0 bridgehead atoms. The number of benzene rings is 1. The van der Waals surface area contributed by atoms with E-state index in [2.05, 4.69) is 0 Å². The van der Waals surface area contributed by atoms with Crippen LogP contribution in [0.5, 0.6) is 0 Å². The number of aliphatic hydroxyl groups is 2. The van der Waals surface area contributed by atoms with Gasteiger partial charge in [0, 0.05) is 23.5 Å². The third kappa shape index (κ3) is 6.10. The fourth-order valence-electron chi connectivity index (χ4n) is 5.91. The van der Waals surface area contributed by atoms with E-state index >= 15 is 0 Å². The molecule has 2 unspecified atom stereocenters. The first-order valence-electron chi connectivity index (χ1n) is 13.9. The van der Waals surface area contributed by atoms with Crippen LogP contribution in [0.25, 0.3) is 0 Å². The highest BCUT2D eigenvalue weighted by atomic mass is 16.8. The Balaban J connectivity index is 0.000000168. The zero-order chi connectivity index (χ0) is 30.4. The van der Waals surface area contributed by atoms with E-state index in [9.17, 15) is 19.8 Å². The minimum Gasteiger partial charge on any atom is -0.394 e. The fourth-order valence-corrected chi connectivity index (χ4v) is 5.91. The number of rotatable bonds is 6. The number of ether oxygens (including phenoxy) is 6. The lowest BCUT2D eigenvalue weighted by Gasteiger charge is -2.31. The summed E-state index contributed by atoms with van der Waals surface area (Å²) < 4.78 is 35.0. The van der Waals surface area contributed by atoms with E-state index in [1.807, 2.05) is 46.0 Å². The summed E-state index contributed by atoms with van der Waals surface area (Å²) in [5, 5.41) is 18.9. The van der Waals surface area contributed by atoms with Crippen molar-refractivity contribution in [1.29, 1.82) is 0 Å². The van der Waals surface area contributed by atoms with Gasteiger partial charge in [-0.2, -0.15) is 0 Å². The lowest BCUT2D eigenvalue weighted by Crippen LogP contribution is -2.40. The smallest absolute Gasteiger partial charge is 0.248 e. The van der Waals surface area contributed by atoms with Crippen LogP contribution in [0.15, 0.2) is 48.3 Å². The molecular weight excluding hydrogens is 550 g/mol. The van der Waals surface area contributed by atoms with Crippen LogP contribution in [0.2, 0.25) is 0 Å². The molecule has 2 amide bonds. The molecule has 0 radical (unpaired) electrons. The number of primary amides is 2. The van der Waals surface area contributed by atoms with Crippen molar-refractivity contribution in [3.63, 3.8) is 0 Å². The largest absolute Gasteiger partial charge is 0.394 e. The predicted octanol–water partition coefficient (Wildman–Crippen LogP) is 0.550. The van der Waals surface area contributed by atoms with Crippen molar-refractivity contribution in [3.05, 3.63) is 59.4 Å². The average molecular weight is 590 g/mol. The topological polar surface area (TPSA) is 185 Å². The summed E-state index contributed by atoms with van der Waals surface area (Å²) in [6, 6.07) is 6.94. The van der Waals surface area contributed by atoms with E-state index < -0.39 is 47.9 Å². The molecule has 1 aromatic carbocycles. The Bertz CT molecular complexity index is 1250. The molecule has 13 heteroatoms. The summed E-state index contributed by atoms with van der Waals surface area (Å²) in [6.07, 6.45) is 2.74. The first kappa shape index (κ1) is 30.6. The van der Waals surface area contributed by atoms with Crippen molar-refractivity contribution in [2.24, 2.45) is 11.5 Å². The number of amides is 2. The van der Waals surface area contributed by atoms with Gasteiger partial charge in [0.25, 0.3) is 0 Å². The lowest BCUT2D eigenvalue weighted by molar-refractivity contribution is -0.201. The monoisotopic (exact) mass is 589 g/mol. The number of hydrogen-bond acceptors (Lipinski definition) is 11. The number of carbonyl (C=O) groups excluding carboxylic acids is 2. The molecule has 13 nitrogen and oxygen atoms in total. The molecule has 0 saturated carbocycles. The van der Waals surface area contributed by atoms with Gasteiger partial charge < -0.3 is 55.0 Å². The van der Waals surface area contributed by atoms with Crippen molar-refractivity contribution < 1.29 is 48.2 Å². The van der Waals surface area contributed by atoms with Gasteiger partial charge in [0.2, 0.25) is 11.8 Å². The van der Waals surface area contributed by atoms with Crippen molar-refractivity contribution in [1.82, 2.24) is 4.90 Å². The quantitative estimate of drug-likeness (QED) is 0.363. The highest BCUT2D eigenvalue weighted by molar-refractivity contribution is 5.93. The van der Waals surface area contributed by atoms with E-state index in [0.717, 1.165) is 5.56 Å². The van der Waals surface area contributed by atoms with Gasteiger partial charge >= 0.3 is 0 Å². The Hall–Kier alpha value is -2.88. The highest BCUT2D eigenvalue weighted by Crippen LogP contribution is 2.45. The number of hydrogen-bond donors (Lipinski definition) is 4. The van der Waals surface area contributed by atoms with Gasteiger partial charge in [0.05, 0.1) is 13.2 Å². The second-order valence-electron chi connectivity index (χ2n) is 11.7. The SMILES string of the molecule is CC1(C)O[C@@H]2[C@H](O1)C(CO)O[C@H]2N1C=CCC(C(N)=O)=C1.CC1(C)O[C@@H]2[C@H](O1)C(CO)O[C@H]2c1cccc(C(N)=O)c1. The standard InChI is InChI=1S/C15H19NO5.C14H20N2O5/c1-15(2)20-12-10(7-17)19-11(13(12)21-15)8-4-3-5-9(6-8)14(16)18;1-14(2)20-10-9(7-17)19-13(11(10)21-14)16-5-3-4-8(6-16)12(15)18/h3-6,10-13,17H,7H2,1-2H3,(H2,16,18);3,5-6,9-11,13,17H,4,7H2,1-2H3,(H2,15,18)/t10?,11-,12+,13-;9?,10-,11-,13-/m01/s1. The molecule has 0 spiro atoms. The molecule has 1 aromatic rings. The van der Waals surface area contributed by atoms with E-state index in [1.54, 1.807) is 29.3 Å². The number of nitrogens with zero attached hydrogens (tertiary/aromatic N) is 1. The summed E-state index contributed by atoms with van der Waals surface area (Å²) in [4.78, 5) is 24.4. The molecule has 6 N–H and O–H groups in total. The van der Waals surface area contributed by atoms with E-state index in [4.69, 9.17) is 39.9 Å². The van der Waals surface area contributed by atoms with Crippen molar-refractivity contribution in [2.45, 2.75) is 94.6 Å². The van der Waals surface area contributed by atoms with Crippen LogP contribution in [-0.2, 0) is 33.2 Å². The summed E-state index contributed by atoms with van der Waals surface area (Å²) in [5.74, 6) is -2.39. The van der Waals surface area contributed by atoms with Gasteiger partial charge in [-0.05, 0) is 51.8 Å². The highest BCUT2D eigenvalue weighted by Gasteiger charge is 2.57. The molecule has 42 heavy (non-hydrogen) atoms. The molecule has 4 fully saturated rings. The summed E-state index contributed by atoms with van der Waals surface area (Å²) in [7, 11) is 0. The zero-order valence-corrected chi connectivity index (χ0v) is 24.0. The Labute approximate surface area is 243 Å². The number of allylic oxidation sites excluding steroid dienone is 1. The molecule has 0 aliphatic carbocycles. The second kappa shape index (κ2) is 11.7. The molecule has 5 heterocycles. The Morgan fingerprint density at radius 2 is 1.48 bits per heavy atom. The van der Waals surface area contributed by atoms with E-state index in [1.165, 1.54) is 0 Å². The fraction of sp³-hybridized carbons (Fsp3) is 0.586. The third-order valence-electron chi connectivity index (χ3n) is 7.67. The van der Waals surface area contributed by atoms with Crippen LogP contribution in [0.1, 0.15) is 56.1 Å². The van der Waals surface area contributed by atoms with Crippen LogP contribution >= 0.6 is 0 Å². The van der Waals surface area contributed by atoms with Crippen molar-refractivity contribution in [3.8, 4) is 0 Å². The molecule has 4 saturated heterocycles. The van der Waals surface area contributed by atoms with Gasteiger partial charge in [-0.25, -0.2) is 0 Å². The molecular formula is C29H39N3O10. The minimum atomic E-state index is -0.722. The minimum absolute atomic E-state index is 0.146. The normalized spacial score (nSPS) is 35.7. The molecule has 230 valence electrons. The Morgan fingerprint density at radius 1 is 0.881 bits per heavy atom. The van der Waals surface area contributed by atoms with Gasteiger partial charge in [0.1, 0.15) is 42.7 Å². The number of fused-ring (bicyclic) bond motifs is 2. The molecule has 8 atom stereocenters. The van der Waals surface area contributed by atoms with Gasteiger partial charge in [0.15, 0.2) is 17.8 Å². The van der Waals surface area contributed by atoms with Gasteiger partial charge in [-0.3, -0.25) is 9.59 Å². The van der Waals surface area contributed by atoms with E-state index in [0.29, 0.717) is 17.6 Å². The van der Waals surface area contributed by atoms with Gasteiger partial charge in [-0.15, -0.1) is 0 Å². The maximum absolute atomic E-state index is 11.3. The van der Waals surface area contributed by atoms with Crippen LogP contribution in [0.4, 0.5) is 0 Å². The maximum Gasteiger partial charge on any atom is 0.248 e. The first-order valence-corrected chi connectivity index (χ1v) is 13.9. The van der Waals surface area contributed by atoms with Crippen LogP contribution in [0, 0.1) is 0 Å². The first-order chi connectivity index (χ1) is 19.8. The number of carbonyl (C=O) groups is 2. The molecule has 6 rings (SSSR count). The average Bonchev–Trinajstić information content (AvgIpc) is 3.64. The second-order valence-corrected chi connectivity index (χ2v) is 11.7. The van der Waals surface area contributed by atoms with E-state index in [-0.39, 0.29) is 37.6 Å². The van der Waals surface area contributed by atoms with Crippen LogP contribution < -0.4 is 11.5 Å². The van der Waals surface area contributed by atoms with Crippen molar-refractivity contribution >= 4 is 11.8 Å². The van der Waals surface area contributed by atoms with Crippen LogP contribution in [-0.4, -0.2) is 94.6 Å². The number of aliphatic hydroxyl groups excluding tert-OH is 2. The van der Waals surface area contributed by atoms with Crippen LogP contribution in [0.3, 0.4) is 0 Å². The Morgan fingerprint density at radius 3 is 2.10 bits per heavy atom. The maximum atomic E-state index is 11.3. The molecule has 5 aliphatic heterocycles. The van der Waals surface area contributed by atoms with Crippen molar-refractivity contribution in [2.75, 3.05) is 13.2 Å². The molecule has 0 aromatic heterocycles. The predicted molar refractivity (Wildman–Crippen MR) is 146 cm³/mol. The Kier molecular flexibility index (Phi) is 8.49. The molecule has 5 aliphatic rings. The van der Waals surface area contributed by atoms with Gasteiger partial charge in [-0.1, -0.05) is 18.2 Å².